The summed E-state index contributed by atoms with van der Waals surface area (Å²) in [5.74, 6) is 6.52. The van der Waals surface area contributed by atoms with Crippen LogP contribution in [0.25, 0.3) is 10.9 Å². The highest BCUT2D eigenvalue weighted by Crippen LogP contribution is 2.28. The molecule has 1 aromatic carbocycles. The first-order valence-electron chi connectivity index (χ1n) is 13.0. The van der Waals surface area contributed by atoms with Crippen molar-refractivity contribution in [2.75, 3.05) is 45.6 Å². The summed E-state index contributed by atoms with van der Waals surface area (Å²) in [7, 11) is 3.79. The monoisotopic (exact) mass is 559 g/mol. The van der Waals surface area contributed by atoms with Crippen molar-refractivity contribution < 1.29 is 18.0 Å². The molecule has 0 atom stereocenters. The molecule has 6 nitrogen and oxygen atoms in total. The van der Waals surface area contributed by atoms with Crippen molar-refractivity contribution in [3.8, 4) is 11.8 Å². The Morgan fingerprint density at radius 1 is 1.18 bits per heavy atom. The summed E-state index contributed by atoms with van der Waals surface area (Å²) in [6, 6.07) is 10.8. The molecular formula is C29H33ClF3N5O. The zero-order valence-electron chi connectivity index (χ0n) is 22.2. The number of pyridine rings is 1. The van der Waals surface area contributed by atoms with Crippen LogP contribution in [0.4, 0.5) is 18.9 Å². The molecule has 10 heteroatoms. The number of fused-ring (bicyclic) bond motifs is 1. The van der Waals surface area contributed by atoms with E-state index >= 15 is 0 Å². The highest BCUT2D eigenvalue weighted by molar-refractivity contribution is 6.29. The first kappa shape index (κ1) is 28.8. The molecular weight excluding hydrogens is 527 g/mol. The van der Waals surface area contributed by atoms with E-state index in [0.717, 1.165) is 55.4 Å². The van der Waals surface area contributed by atoms with Gasteiger partial charge in [0, 0.05) is 24.0 Å². The molecule has 0 spiro atoms. The summed E-state index contributed by atoms with van der Waals surface area (Å²) >= 11 is 5.79. The fraction of sp³-hybridized carbons (Fsp3) is 0.448. The number of carbonyl (C=O) groups excluding carboxylic acids is 1. The standard InChI is InChI=1S/C29H33ClF3N5O/c1-36(2)19-28(39)37-14-11-21(12-15-37)5-6-22-7-9-26-23(16-22)17-25(38(26)20-29(31,32)33)4-3-13-34-24-8-10-27(30)35-18-24/h7-10,16-18,21,34H,5-6,11-15,19-20H2,1-2H3. The second-order valence-electron chi connectivity index (χ2n) is 10.2. The van der Waals surface area contributed by atoms with Crippen LogP contribution < -0.4 is 5.32 Å². The van der Waals surface area contributed by atoms with Gasteiger partial charge in [0.2, 0.25) is 5.91 Å². The van der Waals surface area contributed by atoms with Crippen LogP contribution in [0, 0.1) is 17.8 Å². The molecule has 1 N–H and O–H groups in total. The van der Waals surface area contributed by atoms with Crippen molar-refractivity contribution in [3.63, 3.8) is 0 Å². The SMILES string of the molecule is CN(C)CC(=O)N1CCC(CCc2ccc3c(c2)cc(C#CCNc2ccc(Cl)nc2)n3CC(F)(F)F)CC1. The van der Waals surface area contributed by atoms with Crippen molar-refractivity contribution in [2.45, 2.75) is 38.4 Å². The number of amides is 1. The second kappa shape index (κ2) is 12.8. The molecule has 39 heavy (non-hydrogen) atoms. The van der Waals surface area contributed by atoms with Crippen LogP contribution in [0.1, 0.15) is 30.5 Å². The number of piperidine rings is 1. The van der Waals surface area contributed by atoms with E-state index in [0.29, 0.717) is 28.8 Å². The summed E-state index contributed by atoms with van der Waals surface area (Å²) in [5, 5.41) is 4.19. The van der Waals surface area contributed by atoms with Crippen LogP contribution in [0.2, 0.25) is 5.15 Å². The number of nitrogens with one attached hydrogen (secondary N) is 1. The topological polar surface area (TPSA) is 53.4 Å². The number of likely N-dealkylation sites (N-methyl/N-ethyl adjacent to an activating group) is 1. The number of hydrogen-bond donors (Lipinski definition) is 1. The van der Waals surface area contributed by atoms with Gasteiger partial charge >= 0.3 is 6.18 Å². The van der Waals surface area contributed by atoms with Gasteiger partial charge in [-0.2, -0.15) is 13.2 Å². The predicted molar refractivity (Wildman–Crippen MR) is 149 cm³/mol. The fourth-order valence-corrected chi connectivity index (χ4v) is 5.01. The van der Waals surface area contributed by atoms with Crippen molar-refractivity contribution in [1.82, 2.24) is 19.4 Å². The zero-order chi connectivity index (χ0) is 28.0. The molecule has 3 heterocycles. The van der Waals surface area contributed by atoms with Gasteiger partial charge < -0.3 is 19.7 Å². The number of hydrogen-bond acceptors (Lipinski definition) is 4. The number of benzene rings is 1. The number of rotatable bonds is 8. The van der Waals surface area contributed by atoms with Crippen molar-refractivity contribution in [3.05, 3.63) is 59.0 Å². The maximum Gasteiger partial charge on any atom is 0.406 e. The molecule has 0 unspecified atom stereocenters. The van der Waals surface area contributed by atoms with Crippen molar-refractivity contribution >= 4 is 34.1 Å². The second-order valence-corrected chi connectivity index (χ2v) is 10.6. The molecule has 208 valence electrons. The number of halogens is 4. The highest BCUT2D eigenvalue weighted by atomic mass is 35.5. The van der Waals surface area contributed by atoms with Crippen LogP contribution in [0.5, 0.6) is 0 Å². The van der Waals surface area contributed by atoms with Crippen LogP contribution in [0.15, 0.2) is 42.6 Å². The molecule has 4 rings (SSSR count). The van der Waals surface area contributed by atoms with Crippen LogP contribution >= 0.6 is 11.6 Å². The predicted octanol–water partition coefficient (Wildman–Crippen LogP) is 5.45. The summed E-state index contributed by atoms with van der Waals surface area (Å²) in [6.45, 7) is 1.15. The number of aryl methyl sites for hydroxylation is 1. The average molecular weight is 560 g/mol. The third kappa shape index (κ3) is 8.38. The summed E-state index contributed by atoms with van der Waals surface area (Å²) in [4.78, 5) is 20.1. The maximum absolute atomic E-state index is 13.4. The van der Waals surface area contributed by atoms with Crippen LogP contribution in [0.3, 0.4) is 0 Å². The van der Waals surface area contributed by atoms with E-state index in [4.69, 9.17) is 11.6 Å². The van der Waals surface area contributed by atoms with Gasteiger partial charge in [-0.25, -0.2) is 4.98 Å². The minimum atomic E-state index is -4.36. The van der Waals surface area contributed by atoms with E-state index in [1.165, 1.54) is 4.57 Å². The Morgan fingerprint density at radius 3 is 2.62 bits per heavy atom. The Balaban J connectivity index is 1.41. The molecule has 0 radical (unpaired) electrons. The molecule has 1 aliphatic heterocycles. The minimum Gasteiger partial charge on any atom is -0.373 e. The summed E-state index contributed by atoms with van der Waals surface area (Å²) < 4.78 is 41.4. The molecule has 1 amide bonds. The van der Waals surface area contributed by atoms with Gasteiger partial charge in [-0.3, -0.25) is 4.79 Å². The van der Waals surface area contributed by atoms with Crippen molar-refractivity contribution in [1.29, 1.82) is 0 Å². The lowest BCUT2D eigenvalue weighted by Gasteiger charge is -2.32. The Bertz CT molecular complexity index is 1330. The van der Waals surface area contributed by atoms with Gasteiger partial charge in [0.05, 0.1) is 30.7 Å². The lowest BCUT2D eigenvalue weighted by molar-refractivity contribution is -0.140. The fourth-order valence-electron chi connectivity index (χ4n) is 4.90. The molecule has 1 saturated heterocycles. The molecule has 2 aromatic heterocycles. The first-order chi connectivity index (χ1) is 18.6. The van der Waals surface area contributed by atoms with Crippen molar-refractivity contribution in [2.24, 2.45) is 5.92 Å². The Hall–Kier alpha value is -3.22. The molecule has 3 aromatic rings. The smallest absolute Gasteiger partial charge is 0.373 e. The maximum atomic E-state index is 13.4. The van der Waals surface area contributed by atoms with E-state index in [1.54, 1.807) is 30.5 Å². The summed E-state index contributed by atoms with van der Waals surface area (Å²) in [5.41, 5.74) is 2.66. The van der Waals surface area contributed by atoms with Gasteiger partial charge in [0.25, 0.3) is 0 Å². The normalized spacial score (nSPS) is 14.5. The van der Waals surface area contributed by atoms with Gasteiger partial charge in [-0.15, -0.1) is 0 Å². The Morgan fingerprint density at radius 2 is 1.95 bits per heavy atom. The Labute approximate surface area is 232 Å². The van der Waals surface area contributed by atoms with E-state index < -0.39 is 12.7 Å². The Kier molecular flexibility index (Phi) is 9.41. The third-order valence-electron chi connectivity index (χ3n) is 6.89. The number of nitrogens with zero attached hydrogens (tertiary/aromatic N) is 4. The lowest BCUT2D eigenvalue weighted by Crippen LogP contribution is -2.42. The van der Waals surface area contributed by atoms with E-state index in [1.807, 2.05) is 36.0 Å². The molecule has 0 saturated carbocycles. The number of carbonyl (C=O) groups is 1. The lowest BCUT2D eigenvalue weighted by atomic mass is 9.90. The van der Waals surface area contributed by atoms with E-state index in [-0.39, 0.29) is 12.5 Å². The number of anilines is 1. The van der Waals surface area contributed by atoms with Crippen LogP contribution in [-0.2, 0) is 17.8 Å². The number of alkyl halides is 3. The number of likely N-dealkylation sites (tertiary alicyclic amines) is 1. The largest absolute Gasteiger partial charge is 0.406 e. The summed E-state index contributed by atoms with van der Waals surface area (Å²) in [6.07, 6.45) is 0.989. The quantitative estimate of drug-likeness (QED) is 0.295. The third-order valence-corrected chi connectivity index (χ3v) is 7.11. The van der Waals surface area contributed by atoms with E-state index in [9.17, 15) is 18.0 Å². The molecule has 0 bridgehead atoms. The molecule has 0 aliphatic carbocycles. The molecule has 1 aliphatic rings. The average Bonchev–Trinajstić information content (AvgIpc) is 3.21. The van der Waals surface area contributed by atoms with Gasteiger partial charge in [0.15, 0.2) is 0 Å². The first-order valence-corrected chi connectivity index (χ1v) is 13.4. The van der Waals surface area contributed by atoms with Crippen LogP contribution in [-0.4, -0.2) is 71.7 Å². The molecule has 1 fully saturated rings. The minimum absolute atomic E-state index is 0.170. The van der Waals surface area contributed by atoms with Gasteiger partial charge in [-0.1, -0.05) is 23.6 Å². The van der Waals surface area contributed by atoms with E-state index in [2.05, 4.69) is 22.1 Å². The van der Waals surface area contributed by atoms with Gasteiger partial charge in [-0.05, 0) is 87.5 Å². The number of aromatic nitrogens is 2. The zero-order valence-corrected chi connectivity index (χ0v) is 22.9. The van der Waals surface area contributed by atoms with Gasteiger partial charge in [0.1, 0.15) is 11.7 Å². The highest BCUT2D eigenvalue weighted by Gasteiger charge is 2.29.